The van der Waals surface area contributed by atoms with Gasteiger partial charge in [-0.05, 0) is 12.1 Å². The molecule has 1 N–H and O–H groups in total. The summed E-state index contributed by atoms with van der Waals surface area (Å²) in [5.74, 6) is 0. The van der Waals surface area contributed by atoms with Gasteiger partial charge in [0.2, 0.25) is 10.0 Å². The second kappa shape index (κ2) is 4.50. The molecule has 0 aliphatic carbocycles. The van der Waals surface area contributed by atoms with Gasteiger partial charge in [0, 0.05) is 35.9 Å². The highest BCUT2D eigenvalue weighted by Crippen LogP contribution is 2.26. The molecule has 88 valence electrons. The van der Waals surface area contributed by atoms with Crippen LogP contribution in [0.15, 0.2) is 43.0 Å². The number of nitrogens with one attached hydrogen (secondary N) is 1. The van der Waals surface area contributed by atoms with Crippen molar-refractivity contribution in [1.29, 1.82) is 0 Å². The highest BCUT2D eigenvalue weighted by molar-refractivity contribution is 7.92. The summed E-state index contributed by atoms with van der Waals surface area (Å²) in [6.45, 7) is 0. The van der Waals surface area contributed by atoms with Crippen molar-refractivity contribution in [3.8, 4) is 11.1 Å². The largest absolute Gasteiger partial charge is 0.283 e. The van der Waals surface area contributed by atoms with Gasteiger partial charge >= 0.3 is 0 Å². The third-order valence-electron chi connectivity index (χ3n) is 2.09. The van der Waals surface area contributed by atoms with Crippen LogP contribution in [0, 0.1) is 0 Å². The lowest BCUT2D eigenvalue weighted by molar-refractivity contribution is 0.607. The molecule has 6 heteroatoms. The Bertz CT molecular complexity index is 612. The van der Waals surface area contributed by atoms with Crippen LogP contribution in [0.1, 0.15) is 0 Å². The maximum atomic E-state index is 11.2. The normalized spacial score (nSPS) is 11.1. The van der Waals surface area contributed by atoms with E-state index < -0.39 is 10.0 Å². The second-order valence-corrected chi connectivity index (χ2v) is 5.29. The molecule has 0 aliphatic heterocycles. The van der Waals surface area contributed by atoms with E-state index in [4.69, 9.17) is 0 Å². The number of hydrogen-bond donors (Lipinski definition) is 1. The molecule has 0 bridgehead atoms. The van der Waals surface area contributed by atoms with Crippen LogP contribution in [0.5, 0.6) is 0 Å². The summed E-state index contributed by atoms with van der Waals surface area (Å²) in [6, 6.07) is 5.24. The lowest BCUT2D eigenvalue weighted by Gasteiger charge is -2.09. The van der Waals surface area contributed by atoms with Crippen LogP contribution in [0.2, 0.25) is 0 Å². The highest BCUT2D eigenvalue weighted by Gasteiger charge is 2.08. The average Bonchev–Trinajstić information content (AvgIpc) is 2.29. The third-order valence-corrected chi connectivity index (χ3v) is 2.68. The van der Waals surface area contributed by atoms with Gasteiger partial charge in [0.1, 0.15) is 0 Å². The molecule has 0 spiro atoms. The van der Waals surface area contributed by atoms with Gasteiger partial charge in [-0.2, -0.15) is 0 Å². The minimum Gasteiger partial charge on any atom is -0.283 e. The molecule has 0 saturated heterocycles. The molecule has 0 saturated carbocycles. The lowest BCUT2D eigenvalue weighted by Crippen LogP contribution is -2.10. The summed E-state index contributed by atoms with van der Waals surface area (Å²) in [4.78, 5) is 7.98. The Kier molecular flexibility index (Phi) is 3.06. The number of anilines is 1. The molecule has 2 rings (SSSR count). The Balaban J connectivity index is 2.49. The van der Waals surface area contributed by atoms with Crippen molar-refractivity contribution in [3.05, 3.63) is 43.0 Å². The molecular weight excluding hydrogens is 238 g/mol. The molecule has 0 unspecified atom stereocenters. The molecule has 2 aromatic heterocycles. The van der Waals surface area contributed by atoms with Crippen LogP contribution in [0.25, 0.3) is 11.1 Å². The summed E-state index contributed by atoms with van der Waals surface area (Å²) >= 11 is 0. The number of nitrogens with zero attached hydrogens (tertiary/aromatic N) is 2. The molecule has 0 atom stereocenters. The molecule has 2 heterocycles. The van der Waals surface area contributed by atoms with Crippen LogP contribution in [0.3, 0.4) is 0 Å². The lowest BCUT2D eigenvalue weighted by atomic mass is 10.1. The average molecular weight is 249 g/mol. The van der Waals surface area contributed by atoms with Crippen LogP contribution >= 0.6 is 0 Å². The molecule has 0 radical (unpaired) electrons. The monoisotopic (exact) mass is 249 g/mol. The zero-order chi connectivity index (χ0) is 12.3. The van der Waals surface area contributed by atoms with Crippen molar-refractivity contribution >= 4 is 15.7 Å². The smallest absolute Gasteiger partial charge is 0.229 e. The fraction of sp³-hybridized carbons (Fsp3) is 0.0909. The van der Waals surface area contributed by atoms with Crippen molar-refractivity contribution in [2.45, 2.75) is 0 Å². The summed E-state index contributed by atoms with van der Waals surface area (Å²) in [6.07, 6.45) is 7.56. The molecule has 0 aliphatic rings. The van der Waals surface area contributed by atoms with E-state index in [0.29, 0.717) is 11.3 Å². The number of rotatable bonds is 3. The van der Waals surface area contributed by atoms with E-state index in [2.05, 4.69) is 14.7 Å². The standard InChI is InChI=1S/C11H11N3O2S/c1-17(15,16)14-11-4-6-13-8-10(11)9-3-2-5-12-7-9/h2-8H,1H3,(H,13,14). The zero-order valence-corrected chi connectivity index (χ0v) is 9.98. The number of pyridine rings is 2. The van der Waals surface area contributed by atoms with Gasteiger partial charge in [-0.3, -0.25) is 14.7 Å². The van der Waals surface area contributed by atoms with Crippen molar-refractivity contribution in [2.24, 2.45) is 0 Å². The van der Waals surface area contributed by atoms with Gasteiger partial charge in [0.15, 0.2) is 0 Å². The van der Waals surface area contributed by atoms with E-state index in [1.54, 1.807) is 30.7 Å². The summed E-state index contributed by atoms with van der Waals surface area (Å²) in [5, 5.41) is 0. The Morgan fingerprint density at radius 3 is 2.53 bits per heavy atom. The Labute approximate surface area is 99.6 Å². The molecule has 17 heavy (non-hydrogen) atoms. The minimum atomic E-state index is -3.31. The van der Waals surface area contributed by atoms with E-state index in [1.807, 2.05) is 6.07 Å². The molecule has 5 nitrogen and oxygen atoms in total. The van der Waals surface area contributed by atoms with Crippen LogP contribution in [-0.4, -0.2) is 24.6 Å². The third kappa shape index (κ3) is 3.01. The van der Waals surface area contributed by atoms with Gasteiger partial charge in [-0.1, -0.05) is 6.07 Å². The van der Waals surface area contributed by atoms with Crippen molar-refractivity contribution < 1.29 is 8.42 Å². The molecule has 0 aromatic carbocycles. The molecule has 0 fully saturated rings. The summed E-state index contributed by atoms with van der Waals surface area (Å²) in [7, 11) is -3.31. The van der Waals surface area contributed by atoms with E-state index in [9.17, 15) is 8.42 Å². The predicted molar refractivity (Wildman–Crippen MR) is 65.9 cm³/mol. The van der Waals surface area contributed by atoms with Crippen molar-refractivity contribution in [2.75, 3.05) is 11.0 Å². The van der Waals surface area contributed by atoms with Gasteiger partial charge < -0.3 is 0 Å². The summed E-state index contributed by atoms with van der Waals surface area (Å²) < 4.78 is 24.9. The Morgan fingerprint density at radius 1 is 1.12 bits per heavy atom. The van der Waals surface area contributed by atoms with Crippen LogP contribution < -0.4 is 4.72 Å². The van der Waals surface area contributed by atoms with Crippen molar-refractivity contribution in [3.63, 3.8) is 0 Å². The first kappa shape index (κ1) is 11.5. The van der Waals surface area contributed by atoms with Crippen molar-refractivity contribution in [1.82, 2.24) is 9.97 Å². The summed E-state index contributed by atoms with van der Waals surface area (Å²) in [5.41, 5.74) is 2.01. The van der Waals surface area contributed by atoms with E-state index in [1.165, 1.54) is 6.20 Å². The minimum absolute atomic E-state index is 0.496. The second-order valence-electron chi connectivity index (χ2n) is 3.54. The number of aromatic nitrogens is 2. The Hall–Kier alpha value is -1.95. The van der Waals surface area contributed by atoms with Gasteiger partial charge in [-0.25, -0.2) is 8.42 Å². The fourth-order valence-electron chi connectivity index (χ4n) is 1.44. The zero-order valence-electron chi connectivity index (χ0n) is 9.16. The van der Waals surface area contributed by atoms with E-state index in [0.717, 1.165) is 11.8 Å². The molecule has 2 aromatic rings. The maximum absolute atomic E-state index is 11.2. The first-order valence-electron chi connectivity index (χ1n) is 4.88. The fourth-order valence-corrected chi connectivity index (χ4v) is 2.01. The molecule has 0 amide bonds. The topological polar surface area (TPSA) is 72.0 Å². The van der Waals surface area contributed by atoms with E-state index >= 15 is 0 Å². The highest BCUT2D eigenvalue weighted by atomic mass is 32.2. The maximum Gasteiger partial charge on any atom is 0.229 e. The van der Waals surface area contributed by atoms with Gasteiger partial charge in [-0.15, -0.1) is 0 Å². The van der Waals surface area contributed by atoms with Gasteiger partial charge in [0.05, 0.1) is 11.9 Å². The van der Waals surface area contributed by atoms with E-state index in [-0.39, 0.29) is 0 Å². The first-order valence-corrected chi connectivity index (χ1v) is 6.77. The van der Waals surface area contributed by atoms with Crippen LogP contribution in [0.4, 0.5) is 5.69 Å². The first-order chi connectivity index (χ1) is 8.06. The Morgan fingerprint density at radius 2 is 1.88 bits per heavy atom. The quantitative estimate of drug-likeness (QED) is 0.895. The molecular formula is C11H11N3O2S. The number of hydrogen-bond acceptors (Lipinski definition) is 4. The predicted octanol–water partition coefficient (Wildman–Crippen LogP) is 1.52. The number of sulfonamides is 1. The van der Waals surface area contributed by atoms with Crippen LogP contribution in [-0.2, 0) is 10.0 Å². The SMILES string of the molecule is CS(=O)(=O)Nc1ccncc1-c1cccnc1. The van der Waals surface area contributed by atoms with Gasteiger partial charge in [0.25, 0.3) is 0 Å².